The van der Waals surface area contributed by atoms with Gasteiger partial charge in [-0.05, 0) is 30.5 Å². The highest BCUT2D eigenvalue weighted by molar-refractivity contribution is 5.94. The number of halogens is 1. The number of carbonyl (C=O) groups is 2. The second-order valence-electron chi connectivity index (χ2n) is 7.51. The molecule has 2 unspecified atom stereocenters. The van der Waals surface area contributed by atoms with E-state index in [1.54, 1.807) is 7.11 Å². The number of ether oxygens (including phenoxy) is 1. The summed E-state index contributed by atoms with van der Waals surface area (Å²) >= 11 is 0. The van der Waals surface area contributed by atoms with Gasteiger partial charge in [0.15, 0.2) is 0 Å². The average Bonchev–Trinajstić information content (AvgIpc) is 2.78. The molecule has 6 nitrogen and oxygen atoms in total. The van der Waals surface area contributed by atoms with Gasteiger partial charge < -0.3 is 20.7 Å². The molecule has 2 aromatic carbocycles. The van der Waals surface area contributed by atoms with Gasteiger partial charge in [-0.3, -0.25) is 9.59 Å². The minimum Gasteiger partial charge on any atom is -0.495 e. The number of benzene rings is 2. The van der Waals surface area contributed by atoms with Gasteiger partial charge in [-0.15, -0.1) is 12.4 Å². The molecular weight excluding hydrogens is 402 g/mol. The van der Waals surface area contributed by atoms with Crippen molar-refractivity contribution in [3.8, 4) is 5.75 Å². The van der Waals surface area contributed by atoms with E-state index in [0.29, 0.717) is 37.4 Å². The quantitative estimate of drug-likeness (QED) is 0.731. The Balaban J connectivity index is 0.00000320. The number of anilines is 1. The Morgan fingerprint density at radius 3 is 2.30 bits per heavy atom. The Morgan fingerprint density at radius 2 is 1.67 bits per heavy atom. The van der Waals surface area contributed by atoms with Crippen LogP contribution in [-0.2, 0) is 9.59 Å². The van der Waals surface area contributed by atoms with E-state index in [-0.39, 0.29) is 42.1 Å². The van der Waals surface area contributed by atoms with Crippen LogP contribution in [0.15, 0.2) is 54.6 Å². The lowest BCUT2D eigenvalue weighted by molar-refractivity contribution is -0.138. The van der Waals surface area contributed by atoms with Crippen molar-refractivity contribution in [2.45, 2.75) is 25.8 Å². The van der Waals surface area contributed by atoms with Crippen LogP contribution in [0.1, 0.15) is 31.4 Å². The molecule has 0 spiro atoms. The first-order valence-corrected chi connectivity index (χ1v) is 10.0. The van der Waals surface area contributed by atoms with Gasteiger partial charge in [-0.2, -0.15) is 0 Å². The number of nitrogens with zero attached hydrogens (tertiary/aromatic N) is 1. The summed E-state index contributed by atoms with van der Waals surface area (Å²) in [6.07, 6.45) is 1.28. The van der Waals surface area contributed by atoms with Crippen molar-refractivity contribution in [3.05, 3.63) is 60.2 Å². The first kappa shape index (κ1) is 23.7. The van der Waals surface area contributed by atoms with Crippen LogP contribution in [0.4, 0.5) is 5.69 Å². The number of carbonyl (C=O) groups excluding carboxylic acids is 2. The average molecular weight is 432 g/mol. The van der Waals surface area contributed by atoms with Gasteiger partial charge >= 0.3 is 0 Å². The van der Waals surface area contributed by atoms with Crippen LogP contribution >= 0.6 is 12.4 Å². The lowest BCUT2D eigenvalue weighted by atomic mass is 9.91. The largest absolute Gasteiger partial charge is 0.495 e. The van der Waals surface area contributed by atoms with Crippen LogP contribution in [0.2, 0.25) is 0 Å². The van der Waals surface area contributed by atoms with Crippen LogP contribution in [0.3, 0.4) is 0 Å². The number of hydrogen-bond donors (Lipinski definition) is 2. The molecule has 0 radical (unpaired) electrons. The Morgan fingerprint density at radius 1 is 1.07 bits per heavy atom. The number of methoxy groups -OCH3 is 1. The highest BCUT2D eigenvalue weighted by atomic mass is 35.5. The summed E-state index contributed by atoms with van der Waals surface area (Å²) in [5, 5.41) is 2.95. The number of hydrogen-bond acceptors (Lipinski definition) is 4. The van der Waals surface area contributed by atoms with Crippen molar-refractivity contribution in [3.63, 3.8) is 0 Å². The molecule has 1 aliphatic rings. The van der Waals surface area contributed by atoms with E-state index in [4.69, 9.17) is 10.5 Å². The molecule has 162 valence electrons. The summed E-state index contributed by atoms with van der Waals surface area (Å²) in [5.41, 5.74) is 7.94. The van der Waals surface area contributed by atoms with Crippen LogP contribution < -0.4 is 15.8 Å². The first-order valence-electron chi connectivity index (χ1n) is 10.0. The van der Waals surface area contributed by atoms with E-state index in [1.165, 1.54) is 0 Å². The number of amides is 2. The minimum atomic E-state index is -0.338. The number of nitrogens with two attached hydrogens (primary N) is 1. The third-order valence-electron chi connectivity index (χ3n) is 5.65. The third-order valence-corrected chi connectivity index (χ3v) is 5.65. The van der Waals surface area contributed by atoms with Crippen molar-refractivity contribution >= 4 is 29.9 Å². The predicted molar refractivity (Wildman–Crippen MR) is 121 cm³/mol. The van der Waals surface area contributed by atoms with E-state index in [2.05, 4.69) is 5.32 Å². The summed E-state index contributed by atoms with van der Waals surface area (Å²) in [6.45, 7) is 3.00. The zero-order chi connectivity index (χ0) is 20.8. The summed E-state index contributed by atoms with van der Waals surface area (Å²) in [4.78, 5) is 27.4. The van der Waals surface area contributed by atoms with E-state index in [9.17, 15) is 9.59 Å². The SMILES string of the molecule is COc1ccccc1NC(=O)C1CCN(C(=O)C(C)C(N)c2ccccc2)CC1.Cl. The second-order valence-corrected chi connectivity index (χ2v) is 7.51. The van der Waals surface area contributed by atoms with Crippen molar-refractivity contribution in [1.29, 1.82) is 0 Å². The smallest absolute Gasteiger partial charge is 0.227 e. The van der Waals surface area contributed by atoms with Crippen LogP contribution in [-0.4, -0.2) is 36.9 Å². The third kappa shape index (κ3) is 5.52. The van der Waals surface area contributed by atoms with Crippen LogP contribution in [0, 0.1) is 11.8 Å². The van der Waals surface area contributed by atoms with Crippen LogP contribution in [0.5, 0.6) is 5.75 Å². The number of likely N-dealkylation sites (tertiary alicyclic amines) is 1. The fourth-order valence-corrected chi connectivity index (χ4v) is 3.75. The van der Waals surface area contributed by atoms with Gasteiger partial charge in [-0.25, -0.2) is 0 Å². The van der Waals surface area contributed by atoms with Crippen molar-refractivity contribution in [1.82, 2.24) is 4.90 Å². The molecule has 0 aromatic heterocycles. The second kappa shape index (κ2) is 11.0. The van der Waals surface area contributed by atoms with Gasteiger partial charge in [-0.1, -0.05) is 49.4 Å². The Hall–Kier alpha value is -2.57. The summed E-state index contributed by atoms with van der Waals surface area (Å²) in [5.74, 6) is 0.219. The molecular formula is C23H30ClN3O3. The Bertz CT molecular complexity index is 839. The molecule has 3 rings (SSSR count). The molecule has 3 N–H and O–H groups in total. The molecule has 1 saturated heterocycles. The Kier molecular flexibility index (Phi) is 8.69. The fourth-order valence-electron chi connectivity index (χ4n) is 3.75. The van der Waals surface area contributed by atoms with Gasteiger partial charge in [0.1, 0.15) is 5.75 Å². The van der Waals surface area contributed by atoms with Crippen molar-refractivity contribution in [2.24, 2.45) is 17.6 Å². The van der Waals surface area contributed by atoms with Crippen LogP contribution in [0.25, 0.3) is 0 Å². The van der Waals surface area contributed by atoms with E-state index < -0.39 is 0 Å². The van der Waals surface area contributed by atoms with Gasteiger partial charge in [0, 0.05) is 25.0 Å². The molecule has 2 atom stereocenters. The molecule has 1 aliphatic heterocycles. The van der Waals surface area contributed by atoms with Gasteiger partial charge in [0.05, 0.1) is 18.7 Å². The van der Waals surface area contributed by atoms with E-state index in [1.807, 2.05) is 66.4 Å². The minimum absolute atomic E-state index is 0. The molecule has 0 saturated carbocycles. The zero-order valence-corrected chi connectivity index (χ0v) is 18.2. The lowest BCUT2D eigenvalue weighted by Gasteiger charge is -2.34. The first-order chi connectivity index (χ1) is 14.0. The fraction of sp³-hybridized carbons (Fsp3) is 0.391. The highest BCUT2D eigenvalue weighted by Gasteiger charge is 2.32. The number of nitrogens with one attached hydrogen (secondary N) is 1. The molecule has 0 bridgehead atoms. The maximum Gasteiger partial charge on any atom is 0.227 e. The number of piperidine rings is 1. The summed E-state index contributed by atoms with van der Waals surface area (Å²) in [6, 6.07) is 16.7. The number of para-hydroxylation sites is 2. The molecule has 2 aromatic rings. The molecule has 1 fully saturated rings. The summed E-state index contributed by atoms with van der Waals surface area (Å²) < 4.78 is 5.29. The van der Waals surface area contributed by atoms with Crippen molar-refractivity contribution < 1.29 is 14.3 Å². The van der Waals surface area contributed by atoms with E-state index >= 15 is 0 Å². The molecule has 1 heterocycles. The standard InChI is InChI=1S/C23H29N3O3.ClH/c1-16(21(24)17-8-4-3-5-9-17)23(28)26-14-12-18(13-15-26)22(27)25-19-10-6-7-11-20(19)29-2;/h3-11,16,18,21H,12-15,24H2,1-2H3,(H,25,27);1H. The summed E-state index contributed by atoms with van der Waals surface area (Å²) in [7, 11) is 1.58. The lowest BCUT2D eigenvalue weighted by Crippen LogP contribution is -2.45. The molecule has 0 aliphatic carbocycles. The predicted octanol–water partition coefficient (Wildman–Crippen LogP) is 3.63. The normalized spacial score (nSPS) is 16.2. The van der Waals surface area contributed by atoms with Crippen molar-refractivity contribution in [2.75, 3.05) is 25.5 Å². The topological polar surface area (TPSA) is 84.7 Å². The zero-order valence-electron chi connectivity index (χ0n) is 17.4. The molecule has 2 amide bonds. The highest BCUT2D eigenvalue weighted by Crippen LogP contribution is 2.27. The monoisotopic (exact) mass is 431 g/mol. The number of rotatable bonds is 6. The van der Waals surface area contributed by atoms with Gasteiger partial charge in [0.2, 0.25) is 11.8 Å². The maximum atomic E-state index is 12.9. The molecule has 30 heavy (non-hydrogen) atoms. The van der Waals surface area contributed by atoms with E-state index in [0.717, 1.165) is 5.56 Å². The van der Waals surface area contributed by atoms with Gasteiger partial charge in [0.25, 0.3) is 0 Å². The maximum absolute atomic E-state index is 12.9. The Labute approximate surface area is 184 Å². The molecule has 7 heteroatoms.